The molecule has 184 valence electrons. The highest BCUT2D eigenvalue weighted by Gasteiger charge is 2.16. The van der Waals surface area contributed by atoms with Crippen LogP contribution in [0.25, 0.3) is 11.0 Å². The van der Waals surface area contributed by atoms with E-state index >= 15 is 0 Å². The van der Waals surface area contributed by atoms with Crippen molar-refractivity contribution >= 4 is 46.4 Å². The molecule has 6 nitrogen and oxygen atoms in total. The number of carbonyl (C=O) groups is 2. The van der Waals surface area contributed by atoms with Gasteiger partial charge in [-0.2, -0.15) is 0 Å². The molecule has 8 heteroatoms. The van der Waals surface area contributed by atoms with Gasteiger partial charge in [0.15, 0.2) is 0 Å². The van der Waals surface area contributed by atoms with Crippen LogP contribution < -0.4 is 10.6 Å². The molecule has 0 unspecified atom stereocenters. The zero-order valence-electron chi connectivity index (χ0n) is 20.2. The molecular weight excluding hydrogens is 488 g/mol. The van der Waals surface area contributed by atoms with Crippen LogP contribution in [0.5, 0.6) is 0 Å². The molecule has 2 amide bonds. The topological polar surface area (TPSA) is 84.0 Å². The molecule has 0 aliphatic carbocycles. The van der Waals surface area contributed by atoms with Gasteiger partial charge in [-0.15, -0.1) is 0 Å². The number of fused-ring (bicyclic) bond motifs is 1. The van der Waals surface area contributed by atoms with Gasteiger partial charge in [-0.1, -0.05) is 96.3 Å². The summed E-state index contributed by atoms with van der Waals surface area (Å²) in [6.07, 6.45) is 0. The van der Waals surface area contributed by atoms with Crippen LogP contribution in [0.1, 0.15) is 37.1 Å². The van der Waals surface area contributed by atoms with E-state index in [9.17, 15) is 9.59 Å². The van der Waals surface area contributed by atoms with Crippen molar-refractivity contribution in [2.24, 2.45) is 0 Å². The first-order valence-corrected chi connectivity index (χ1v) is 13.7. The number of thioether (sulfide) groups is 2. The average molecular weight is 517 g/mol. The molecule has 4 aromatic rings. The van der Waals surface area contributed by atoms with Crippen molar-refractivity contribution in [2.45, 2.75) is 36.0 Å². The van der Waals surface area contributed by atoms with Crippen LogP contribution in [0.3, 0.4) is 0 Å². The van der Waals surface area contributed by atoms with Crippen molar-refractivity contribution in [1.29, 1.82) is 0 Å². The maximum Gasteiger partial charge on any atom is 0.230 e. The lowest BCUT2D eigenvalue weighted by atomic mass is 10.1. The molecular formula is C28H28N4O2S2. The smallest absolute Gasteiger partial charge is 0.230 e. The number of hydrogen-bond donors (Lipinski definition) is 2. The Balaban J connectivity index is 1.40. The molecule has 0 aliphatic rings. The summed E-state index contributed by atoms with van der Waals surface area (Å²) < 4.78 is 0. The predicted molar refractivity (Wildman–Crippen MR) is 147 cm³/mol. The fourth-order valence-electron chi connectivity index (χ4n) is 3.64. The summed E-state index contributed by atoms with van der Waals surface area (Å²) in [5.41, 5.74) is 3.61. The Morgan fingerprint density at radius 2 is 1.00 bits per heavy atom. The standard InChI is InChI=1S/C28H28N4O2S2/c1-19(21-11-5-3-6-12-21)29-25(33)17-35-27-28(32-24-16-10-9-15-23(24)31-27)36-18-26(34)30-20(2)22-13-7-4-8-14-22/h3-16,19-20H,17-18H2,1-2H3,(H,29,33)(H,30,34)/t19-,20+. The molecule has 0 bridgehead atoms. The second-order valence-electron chi connectivity index (χ2n) is 8.30. The maximum absolute atomic E-state index is 12.6. The van der Waals surface area contributed by atoms with E-state index < -0.39 is 0 Å². The number of aromatic nitrogens is 2. The number of hydrogen-bond acceptors (Lipinski definition) is 6. The SMILES string of the molecule is C[C@H](NC(=O)CSc1nc2ccccc2nc1SCC(=O)N[C@H](C)c1ccccc1)c1ccccc1. The van der Waals surface area contributed by atoms with E-state index in [-0.39, 0.29) is 35.4 Å². The van der Waals surface area contributed by atoms with Crippen LogP contribution >= 0.6 is 23.5 Å². The highest BCUT2D eigenvalue weighted by atomic mass is 32.2. The highest BCUT2D eigenvalue weighted by Crippen LogP contribution is 2.30. The Labute approximate surface area is 219 Å². The van der Waals surface area contributed by atoms with Crippen LogP contribution in [0.2, 0.25) is 0 Å². The fraction of sp³-hybridized carbons (Fsp3) is 0.214. The Morgan fingerprint density at radius 1 is 0.639 bits per heavy atom. The molecule has 4 rings (SSSR count). The first-order valence-electron chi connectivity index (χ1n) is 11.7. The molecule has 3 aromatic carbocycles. The van der Waals surface area contributed by atoms with E-state index in [1.165, 1.54) is 23.5 Å². The van der Waals surface area contributed by atoms with Crippen molar-refractivity contribution in [3.8, 4) is 0 Å². The third kappa shape index (κ3) is 7.08. The molecule has 0 saturated heterocycles. The Morgan fingerprint density at radius 3 is 1.39 bits per heavy atom. The number of para-hydroxylation sites is 2. The number of nitrogens with one attached hydrogen (secondary N) is 2. The third-order valence-corrected chi connectivity index (χ3v) is 7.60. The van der Waals surface area contributed by atoms with Crippen LogP contribution in [-0.4, -0.2) is 33.3 Å². The van der Waals surface area contributed by atoms with Gasteiger partial charge in [-0.05, 0) is 37.1 Å². The fourth-order valence-corrected chi connectivity index (χ4v) is 5.36. The van der Waals surface area contributed by atoms with Crippen molar-refractivity contribution in [3.05, 3.63) is 96.1 Å². The summed E-state index contributed by atoms with van der Waals surface area (Å²) in [5.74, 6) is 0.234. The number of rotatable bonds is 10. The normalized spacial score (nSPS) is 12.6. The van der Waals surface area contributed by atoms with Gasteiger partial charge in [-0.25, -0.2) is 9.97 Å². The van der Waals surface area contributed by atoms with Gasteiger partial charge in [0, 0.05) is 0 Å². The minimum Gasteiger partial charge on any atom is -0.349 e. The molecule has 36 heavy (non-hydrogen) atoms. The first-order chi connectivity index (χ1) is 17.5. The molecule has 1 aromatic heterocycles. The third-order valence-electron chi connectivity index (χ3n) is 5.54. The quantitative estimate of drug-likeness (QED) is 0.268. The maximum atomic E-state index is 12.6. The van der Waals surface area contributed by atoms with Gasteiger partial charge >= 0.3 is 0 Å². The summed E-state index contributed by atoms with van der Waals surface area (Å²) in [5, 5.41) is 7.35. The molecule has 1 heterocycles. The number of nitrogens with zero attached hydrogens (tertiary/aromatic N) is 2. The van der Waals surface area contributed by atoms with Gasteiger partial charge in [0.1, 0.15) is 10.1 Å². The van der Waals surface area contributed by atoms with E-state index in [2.05, 4.69) is 10.6 Å². The molecule has 2 N–H and O–H groups in total. The first kappa shape index (κ1) is 25.7. The van der Waals surface area contributed by atoms with Crippen LogP contribution in [0.15, 0.2) is 95.0 Å². The van der Waals surface area contributed by atoms with Crippen molar-refractivity contribution in [3.63, 3.8) is 0 Å². The Bertz CT molecular complexity index is 1220. The van der Waals surface area contributed by atoms with Gasteiger partial charge in [0.25, 0.3) is 0 Å². The van der Waals surface area contributed by atoms with E-state index in [0.717, 1.165) is 22.2 Å². The van der Waals surface area contributed by atoms with E-state index in [1.807, 2.05) is 98.8 Å². The summed E-state index contributed by atoms with van der Waals surface area (Å²) in [4.78, 5) is 34.8. The second-order valence-corrected chi connectivity index (χ2v) is 10.2. The highest BCUT2D eigenvalue weighted by molar-refractivity contribution is 8.02. The van der Waals surface area contributed by atoms with Gasteiger partial charge in [0.2, 0.25) is 11.8 Å². The lowest BCUT2D eigenvalue weighted by Crippen LogP contribution is -2.28. The van der Waals surface area contributed by atoms with Crippen molar-refractivity contribution < 1.29 is 9.59 Å². The zero-order valence-corrected chi connectivity index (χ0v) is 21.8. The van der Waals surface area contributed by atoms with Crippen LogP contribution in [-0.2, 0) is 9.59 Å². The summed E-state index contributed by atoms with van der Waals surface area (Å²) in [6.45, 7) is 3.92. The van der Waals surface area contributed by atoms with Crippen LogP contribution in [0.4, 0.5) is 0 Å². The minimum atomic E-state index is -0.0915. The predicted octanol–water partition coefficient (Wildman–Crippen LogP) is 5.57. The van der Waals surface area contributed by atoms with E-state index in [4.69, 9.17) is 9.97 Å². The molecule has 0 aliphatic heterocycles. The number of amides is 2. The molecule has 2 atom stereocenters. The average Bonchev–Trinajstić information content (AvgIpc) is 2.91. The van der Waals surface area contributed by atoms with Crippen LogP contribution in [0, 0.1) is 0 Å². The Kier molecular flexibility index (Phi) is 8.97. The lowest BCUT2D eigenvalue weighted by Gasteiger charge is -2.15. The van der Waals surface area contributed by atoms with Crippen molar-refractivity contribution in [2.75, 3.05) is 11.5 Å². The molecule has 0 fully saturated rings. The minimum absolute atomic E-state index is 0.0864. The lowest BCUT2D eigenvalue weighted by molar-refractivity contribution is -0.120. The summed E-state index contributed by atoms with van der Waals surface area (Å²) in [6, 6.07) is 27.1. The van der Waals surface area contributed by atoms with Gasteiger partial charge < -0.3 is 10.6 Å². The monoisotopic (exact) mass is 516 g/mol. The van der Waals surface area contributed by atoms with E-state index in [0.29, 0.717) is 10.1 Å². The number of benzene rings is 3. The van der Waals surface area contributed by atoms with Gasteiger partial charge in [-0.3, -0.25) is 9.59 Å². The van der Waals surface area contributed by atoms with Gasteiger partial charge in [0.05, 0.1) is 34.6 Å². The molecule has 0 spiro atoms. The largest absolute Gasteiger partial charge is 0.349 e. The molecule has 0 saturated carbocycles. The second kappa shape index (κ2) is 12.6. The van der Waals surface area contributed by atoms with E-state index in [1.54, 1.807) is 0 Å². The summed E-state index contributed by atoms with van der Waals surface area (Å²) in [7, 11) is 0. The zero-order chi connectivity index (χ0) is 25.3. The summed E-state index contributed by atoms with van der Waals surface area (Å²) >= 11 is 2.66. The number of carbonyl (C=O) groups excluding carboxylic acids is 2. The Hall–Kier alpha value is -3.36. The molecule has 0 radical (unpaired) electrons. The van der Waals surface area contributed by atoms with Crippen molar-refractivity contribution in [1.82, 2.24) is 20.6 Å².